The predicted octanol–water partition coefficient (Wildman–Crippen LogP) is 2.16. The number of hydrogen-bond donors (Lipinski definition) is 3. The van der Waals surface area contributed by atoms with E-state index in [4.69, 9.17) is 0 Å². The number of halogens is 1. The Balaban J connectivity index is 0.00000261. The normalized spacial score (nSPS) is 15.2. The number of nitrogens with one attached hydrogen (secondary N) is 3. The first-order valence-electron chi connectivity index (χ1n) is 9.11. The van der Waals surface area contributed by atoms with Gasteiger partial charge in [-0.1, -0.05) is 54.6 Å². The molecule has 0 radical (unpaired) electrons. The number of hydrogen-bond acceptors (Lipinski definition) is 3. The lowest BCUT2D eigenvalue weighted by atomic mass is 9.94. The summed E-state index contributed by atoms with van der Waals surface area (Å²) in [5.74, 6) is -0.109. The zero-order valence-electron chi connectivity index (χ0n) is 15.2. The standard InChI is InChI=1S/C21H25N3O2.ClH/c25-20(11-13-23-21(26)14-16-6-2-1-3-7-16)24-15-19-18-9-5-4-8-17(18)10-12-22-19;/h1-9,19,22H,10-15H2,(H,23,26)(H,24,25);1H. The second-order valence-corrected chi connectivity index (χ2v) is 6.52. The Morgan fingerprint density at radius 3 is 2.52 bits per heavy atom. The van der Waals surface area contributed by atoms with Gasteiger partial charge in [0.05, 0.1) is 6.42 Å². The molecular weight excluding hydrogens is 362 g/mol. The van der Waals surface area contributed by atoms with Gasteiger partial charge in [0.2, 0.25) is 11.8 Å². The van der Waals surface area contributed by atoms with Gasteiger partial charge < -0.3 is 16.0 Å². The predicted molar refractivity (Wildman–Crippen MR) is 109 cm³/mol. The van der Waals surface area contributed by atoms with Crippen molar-refractivity contribution in [1.82, 2.24) is 16.0 Å². The van der Waals surface area contributed by atoms with E-state index >= 15 is 0 Å². The Kier molecular flexibility index (Phi) is 8.30. The molecule has 5 nitrogen and oxygen atoms in total. The van der Waals surface area contributed by atoms with E-state index in [1.165, 1.54) is 11.1 Å². The van der Waals surface area contributed by atoms with Gasteiger partial charge in [0.1, 0.15) is 0 Å². The van der Waals surface area contributed by atoms with Crippen molar-refractivity contribution in [3.05, 3.63) is 71.3 Å². The van der Waals surface area contributed by atoms with Crippen LogP contribution in [0.15, 0.2) is 54.6 Å². The lowest BCUT2D eigenvalue weighted by Gasteiger charge is -2.27. The maximum atomic E-state index is 12.0. The van der Waals surface area contributed by atoms with E-state index in [-0.39, 0.29) is 36.7 Å². The number of fused-ring (bicyclic) bond motifs is 1. The number of amides is 2. The Bertz CT molecular complexity index is 752. The van der Waals surface area contributed by atoms with E-state index in [0.717, 1.165) is 18.5 Å². The second kappa shape index (κ2) is 10.7. The molecule has 0 aliphatic carbocycles. The molecular formula is C21H26ClN3O2. The molecule has 1 aliphatic rings. The van der Waals surface area contributed by atoms with E-state index in [1.807, 2.05) is 36.4 Å². The minimum Gasteiger partial charge on any atom is -0.355 e. The molecule has 1 atom stereocenters. The lowest BCUT2D eigenvalue weighted by Crippen LogP contribution is -2.39. The van der Waals surface area contributed by atoms with E-state index in [9.17, 15) is 9.59 Å². The minimum absolute atomic E-state index is 0. The third-order valence-corrected chi connectivity index (χ3v) is 4.60. The Morgan fingerprint density at radius 1 is 0.963 bits per heavy atom. The van der Waals surface area contributed by atoms with Gasteiger partial charge in [0.15, 0.2) is 0 Å². The van der Waals surface area contributed by atoms with Crippen LogP contribution in [-0.4, -0.2) is 31.4 Å². The van der Waals surface area contributed by atoms with Crippen molar-refractivity contribution >= 4 is 24.2 Å². The number of benzene rings is 2. The Hall–Kier alpha value is -2.37. The van der Waals surface area contributed by atoms with Crippen LogP contribution in [0.25, 0.3) is 0 Å². The molecule has 6 heteroatoms. The van der Waals surface area contributed by atoms with Crippen LogP contribution in [-0.2, 0) is 22.4 Å². The van der Waals surface area contributed by atoms with Crippen molar-refractivity contribution in [3.63, 3.8) is 0 Å². The van der Waals surface area contributed by atoms with Gasteiger partial charge in [0, 0.05) is 25.6 Å². The highest BCUT2D eigenvalue weighted by Crippen LogP contribution is 2.21. The van der Waals surface area contributed by atoms with Crippen molar-refractivity contribution in [3.8, 4) is 0 Å². The van der Waals surface area contributed by atoms with Gasteiger partial charge in [-0.2, -0.15) is 0 Å². The summed E-state index contributed by atoms with van der Waals surface area (Å²) in [4.78, 5) is 23.9. The summed E-state index contributed by atoms with van der Waals surface area (Å²) >= 11 is 0. The average molecular weight is 388 g/mol. The van der Waals surface area contributed by atoms with Gasteiger partial charge in [0.25, 0.3) is 0 Å². The first-order chi connectivity index (χ1) is 12.7. The first-order valence-corrected chi connectivity index (χ1v) is 9.11. The summed E-state index contributed by atoms with van der Waals surface area (Å²) in [5, 5.41) is 9.21. The fourth-order valence-corrected chi connectivity index (χ4v) is 3.24. The quantitative estimate of drug-likeness (QED) is 0.681. The van der Waals surface area contributed by atoms with Crippen LogP contribution in [0.5, 0.6) is 0 Å². The molecule has 1 heterocycles. The average Bonchev–Trinajstić information content (AvgIpc) is 2.67. The minimum atomic E-state index is -0.0631. The third-order valence-electron chi connectivity index (χ3n) is 4.60. The van der Waals surface area contributed by atoms with Crippen LogP contribution < -0.4 is 16.0 Å². The molecule has 2 aromatic rings. The van der Waals surface area contributed by atoms with Gasteiger partial charge in [-0.05, 0) is 29.7 Å². The van der Waals surface area contributed by atoms with E-state index in [1.54, 1.807) is 0 Å². The van der Waals surface area contributed by atoms with Crippen LogP contribution >= 0.6 is 12.4 Å². The third kappa shape index (κ3) is 6.38. The van der Waals surface area contributed by atoms with Gasteiger partial charge >= 0.3 is 0 Å². The number of carbonyl (C=O) groups excluding carboxylic acids is 2. The summed E-state index contributed by atoms with van der Waals surface area (Å²) in [7, 11) is 0. The van der Waals surface area contributed by atoms with Crippen molar-refractivity contribution in [2.24, 2.45) is 0 Å². The summed E-state index contributed by atoms with van der Waals surface area (Å²) < 4.78 is 0. The molecule has 2 amide bonds. The van der Waals surface area contributed by atoms with Crippen molar-refractivity contribution in [2.75, 3.05) is 19.6 Å². The van der Waals surface area contributed by atoms with E-state index in [0.29, 0.717) is 19.5 Å². The van der Waals surface area contributed by atoms with Crippen LogP contribution in [0.4, 0.5) is 0 Å². The van der Waals surface area contributed by atoms with Crippen molar-refractivity contribution in [1.29, 1.82) is 0 Å². The fourth-order valence-electron chi connectivity index (χ4n) is 3.24. The van der Waals surface area contributed by atoms with Crippen molar-refractivity contribution < 1.29 is 9.59 Å². The highest BCUT2D eigenvalue weighted by Gasteiger charge is 2.19. The summed E-state index contributed by atoms with van der Waals surface area (Å²) in [5.41, 5.74) is 3.57. The van der Waals surface area contributed by atoms with Crippen LogP contribution in [0, 0.1) is 0 Å². The molecule has 0 fully saturated rings. The SMILES string of the molecule is Cl.O=C(CCNC(=O)Cc1ccccc1)NCC1NCCc2ccccc21. The molecule has 144 valence electrons. The monoisotopic (exact) mass is 387 g/mol. The zero-order valence-corrected chi connectivity index (χ0v) is 16.1. The highest BCUT2D eigenvalue weighted by molar-refractivity contribution is 5.85. The fraction of sp³-hybridized carbons (Fsp3) is 0.333. The molecule has 1 aliphatic heterocycles. The zero-order chi connectivity index (χ0) is 18.2. The van der Waals surface area contributed by atoms with Crippen LogP contribution in [0.1, 0.15) is 29.2 Å². The molecule has 3 rings (SSSR count). The maximum Gasteiger partial charge on any atom is 0.224 e. The molecule has 0 spiro atoms. The van der Waals surface area contributed by atoms with E-state index in [2.05, 4.69) is 34.1 Å². The molecule has 27 heavy (non-hydrogen) atoms. The number of carbonyl (C=O) groups is 2. The smallest absolute Gasteiger partial charge is 0.224 e. The van der Waals surface area contributed by atoms with Gasteiger partial charge in [-0.3, -0.25) is 9.59 Å². The maximum absolute atomic E-state index is 12.0. The second-order valence-electron chi connectivity index (χ2n) is 6.52. The molecule has 0 bridgehead atoms. The summed E-state index contributed by atoms with van der Waals surface area (Å²) in [6.07, 6.45) is 1.65. The highest BCUT2D eigenvalue weighted by atomic mass is 35.5. The van der Waals surface area contributed by atoms with Gasteiger partial charge in [-0.25, -0.2) is 0 Å². The van der Waals surface area contributed by atoms with Crippen LogP contribution in [0.3, 0.4) is 0 Å². The first kappa shape index (κ1) is 20.9. The summed E-state index contributed by atoms with van der Waals surface area (Å²) in [6.45, 7) is 1.84. The van der Waals surface area contributed by atoms with Gasteiger partial charge in [-0.15, -0.1) is 12.4 Å². The Morgan fingerprint density at radius 2 is 1.70 bits per heavy atom. The Labute approximate surface area is 166 Å². The molecule has 0 saturated carbocycles. The lowest BCUT2D eigenvalue weighted by molar-refractivity contribution is -0.122. The van der Waals surface area contributed by atoms with Crippen LogP contribution in [0.2, 0.25) is 0 Å². The molecule has 3 N–H and O–H groups in total. The largest absolute Gasteiger partial charge is 0.355 e. The topological polar surface area (TPSA) is 70.2 Å². The molecule has 1 unspecified atom stereocenters. The summed E-state index contributed by atoms with van der Waals surface area (Å²) in [6, 6.07) is 18.1. The van der Waals surface area contributed by atoms with E-state index < -0.39 is 0 Å². The molecule has 0 saturated heterocycles. The number of rotatable bonds is 7. The van der Waals surface area contributed by atoms with Crippen molar-refractivity contribution in [2.45, 2.75) is 25.3 Å². The molecule has 0 aromatic heterocycles. The molecule has 2 aromatic carbocycles.